The van der Waals surface area contributed by atoms with Gasteiger partial charge in [0.25, 0.3) is 0 Å². The van der Waals surface area contributed by atoms with E-state index in [1.807, 2.05) is 11.8 Å². The molecule has 2 atom stereocenters. The second-order valence-electron chi connectivity index (χ2n) is 3.46. The van der Waals surface area contributed by atoms with Crippen LogP contribution in [0, 0.1) is 0 Å². The van der Waals surface area contributed by atoms with Crippen LogP contribution in [0.5, 0.6) is 0 Å². The van der Waals surface area contributed by atoms with Gasteiger partial charge in [0.05, 0.1) is 12.1 Å². The highest BCUT2D eigenvalue weighted by Crippen LogP contribution is 2.33. The van der Waals surface area contributed by atoms with Crippen molar-refractivity contribution >= 4 is 11.8 Å². The van der Waals surface area contributed by atoms with Gasteiger partial charge in [0.2, 0.25) is 0 Å². The van der Waals surface area contributed by atoms with E-state index >= 15 is 0 Å². The molecular formula is C9H19NOS. The Balaban J connectivity index is 2.60. The third-order valence-electron chi connectivity index (χ3n) is 2.72. The summed E-state index contributed by atoms with van der Waals surface area (Å²) in [4.78, 5) is 0. The fourth-order valence-electron chi connectivity index (χ4n) is 1.86. The minimum Gasteiger partial charge on any atom is -0.394 e. The molecule has 1 aliphatic rings. The van der Waals surface area contributed by atoms with Gasteiger partial charge in [-0.05, 0) is 25.1 Å². The molecular weight excluding hydrogens is 170 g/mol. The zero-order valence-electron chi connectivity index (χ0n) is 7.97. The quantitative estimate of drug-likeness (QED) is 0.700. The molecule has 0 amide bonds. The van der Waals surface area contributed by atoms with Crippen LogP contribution in [0.1, 0.15) is 26.7 Å². The monoisotopic (exact) mass is 189 g/mol. The van der Waals surface area contributed by atoms with Crippen LogP contribution in [0.15, 0.2) is 0 Å². The Kier molecular flexibility index (Phi) is 3.87. The summed E-state index contributed by atoms with van der Waals surface area (Å²) < 4.78 is 0. The summed E-state index contributed by atoms with van der Waals surface area (Å²) in [7, 11) is 0. The molecule has 3 heteroatoms. The van der Waals surface area contributed by atoms with Crippen molar-refractivity contribution in [3.05, 3.63) is 0 Å². The fourth-order valence-corrected chi connectivity index (χ4v) is 3.12. The number of aliphatic hydroxyl groups is 1. The molecule has 0 saturated carbocycles. The summed E-state index contributed by atoms with van der Waals surface area (Å²) >= 11 is 1.97. The molecule has 0 radical (unpaired) electrons. The maximum atomic E-state index is 9.37. The summed E-state index contributed by atoms with van der Waals surface area (Å²) in [6.45, 7) is 5.53. The van der Waals surface area contributed by atoms with Crippen molar-refractivity contribution in [1.82, 2.24) is 5.32 Å². The molecule has 0 aromatic carbocycles. The minimum atomic E-state index is -0.00231. The summed E-state index contributed by atoms with van der Waals surface area (Å²) in [6, 6.07) is 0. The highest BCUT2D eigenvalue weighted by atomic mass is 32.2. The van der Waals surface area contributed by atoms with Crippen LogP contribution in [0.25, 0.3) is 0 Å². The number of hydrogen-bond acceptors (Lipinski definition) is 3. The highest BCUT2D eigenvalue weighted by molar-refractivity contribution is 8.00. The molecule has 1 aliphatic heterocycles. The Hall–Kier alpha value is 0.270. The number of hydrogen-bond donors (Lipinski definition) is 2. The maximum absolute atomic E-state index is 9.37. The lowest BCUT2D eigenvalue weighted by Crippen LogP contribution is -2.56. The summed E-state index contributed by atoms with van der Waals surface area (Å²) in [5.41, 5.74) is -0.00231. The van der Waals surface area contributed by atoms with Gasteiger partial charge in [-0.3, -0.25) is 0 Å². The van der Waals surface area contributed by atoms with Crippen molar-refractivity contribution in [2.24, 2.45) is 0 Å². The first-order valence-corrected chi connectivity index (χ1v) is 5.77. The van der Waals surface area contributed by atoms with Gasteiger partial charge in [-0.2, -0.15) is 11.8 Å². The summed E-state index contributed by atoms with van der Waals surface area (Å²) in [5.74, 6) is 1.24. The lowest BCUT2D eigenvalue weighted by molar-refractivity contribution is 0.149. The van der Waals surface area contributed by atoms with E-state index < -0.39 is 0 Å². The summed E-state index contributed by atoms with van der Waals surface area (Å²) in [6.07, 6.45) is 2.34. The van der Waals surface area contributed by atoms with E-state index in [1.165, 1.54) is 12.2 Å². The number of likely N-dealkylation sites (N-methyl/N-ethyl adjacent to an activating group) is 1. The SMILES string of the molecule is CCNC1(CO)CCCSC1C. The van der Waals surface area contributed by atoms with Crippen LogP contribution in [-0.4, -0.2) is 34.8 Å². The first kappa shape index (κ1) is 10.4. The summed E-state index contributed by atoms with van der Waals surface area (Å²) in [5, 5.41) is 13.3. The molecule has 0 aromatic heterocycles. The average Bonchev–Trinajstić information content (AvgIpc) is 2.10. The molecule has 2 nitrogen and oxygen atoms in total. The number of rotatable bonds is 3. The van der Waals surface area contributed by atoms with Crippen molar-refractivity contribution in [3.8, 4) is 0 Å². The Morgan fingerprint density at radius 2 is 2.42 bits per heavy atom. The van der Waals surface area contributed by atoms with E-state index in [2.05, 4.69) is 19.2 Å². The smallest absolute Gasteiger partial charge is 0.0624 e. The van der Waals surface area contributed by atoms with Crippen molar-refractivity contribution in [2.75, 3.05) is 18.9 Å². The second kappa shape index (κ2) is 4.49. The number of thioether (sulfide) groups is 1. The van der Waals surface area contributed by atoms with Crippen molar-refractivity contribution in [2.45, 2.75) is 37.5 Å². The molecule has 1 heterocycles. The molecule has 1 fully saturated rings. The molecule has 1 rings (SSSR count). The Morgan fingerprint density at radius 3 is 2.92 bits per heavy atom. The third kappa shape index (κ3) is 1.95. The third-order valence-corrected chi connectivity index (χ3v) is 4.20. The van der Waals surface area contributed by atoms with Gasteiger partial charge in [-0.15, -0.1) is 0 Å². The van der Waals surface area contributed by atoms with Crippen LogP contribution in [0.4, 0.5) is 0 Å². The lowest BCUT2D eigenvalue weighted by Gasteiger charge is -2.41. The van der Waals surface area contributed by atoms with Gasteiger partial charge < -0.3 is 10.4 Å². The standard InChI is InChI=1S/C9H19NOS/c1-3-10-9(7-11)5-4-6-12-8(9)2/h8,10-11H,3-7H2,1-2H3. The Bertz CT molecular complexity index is 138. The first-order valence-electron chi connectivity index (χ1n) is 4.72. The second-order valence-corrected chi connectivity index (χ2v) is 4.91. The van der Waals surface area contributed by atoms with Gasteiger partial charge in [0.15, 0.2) is 0 Å². The van der Waals surface area contributed by atoms with Gasteiger partial charge >= 0.3 is 0 Å². The number of aliphatic hydroxyl groups excluding tert-OH is 1. The molecule has 72 valence electrons. The van der Waals surface area contributed by atoms with E-state index in [0.29, 0.717) is 5.25 Å². The van der Waals surface area contributed by atoms with Crippen LogP contribution < -0.4 is 5.32 Å². The molecule has 2 N–H and O–H groups in total. The van der Waals surface area contributed by atoms with E-state index in [-0.39, 0.29) is 12.1 Å². The van der Waals surface area contributed by atoms with Crippen molar-refractivity contribution in [1.29, 1.82) is 0 Å². The molecule has 0 bridgehead atoms. The first-order chi connectivity index (χ1) is 5.75. The number of nitrogens with one attached hydrogen (secondary N) is 1. The topological polar surface area (TPSA) is 32.3 Å². The van der Waals surface area contributed by atoms with Gasteiger partial charge in [0, 0.05) is 5.25 Å². The van der Waals surface area contributed by atoms with E-state index in [4.69, 9.17) is 0 Å². The zero-order chi connectivity index (χ0) is 9.03. The predicted octanol–water partition coefficient (Wildman–Crippen LogP) is 1.24. The average molecular weight is 189 g/mol. The lowest BCUT2D eigenvalue weighted by atomic mass is 9.90. The minimum absolute atomic E-state index is 0.00231. The predicted molar refractivity (Wildman–Crippen MR) is 54.6 cm³/mol. The van der Waals surface area contributed by atoms with Gasteiger partial charge in [-0.25, -0.2) is 0 Å². The molecule has 0 aromatic rings. The van der Waals surface area contributed by atoms with E-state index in [1.54, 1.807) is 0 Å². The van der Waals surface area contributed by atoms with Crippen molar-refractivity contribution < 1.29 is 5.11 Å². The van der Waals surface area contributed by atoms with E-state index in [0.717, 1.165) is 13.0 Å². The fraction of sp³-hybridized carbons (Fsp3) is 1.00. The van der Waals surface area contributed by atoms with Gasteiger partial charge in [0.1, 0.15) is 0 Å². The van der Waals surface area contributed by atoms with Crippen LogP contribution in [0.3, 0.4) is 0 Å². The Labute approximate surface area is 79.1 Å². The molecule has 0 spiro atoms. The van der Waals surface area contributed by atoms with E-state index in [9.17, 15) is 5.11 Å². The molecule has 1 saturated heterocycles. The Morgan fingerprint density at radius 1 is 1.67 bits per heavy atom. The van der Waals surface area contributed by atoms with Crippen LogP contribution >= 0.6 is 11.8 Å². The molecule has 0 aliphatic carbocycles. The van der Waals surface area contributed by atoms with Crippen LogP contribution in [-0.2, 0) is 0 Å². The largest absolute Gasteiger partial charge is 0.394 e. The highest BCUT2D eigenvalue weighted by Gasteiger charge is 2.37. The van der Waals surface area contributed by atoms with Crippen molar-refractivity contribution in [3.63, 3.8) is 0 Å². The molecule has 2 unspecified atom stereocenters. The normalized spacial score (nSPS) is 36.8. The maximum Gasteiger partial charge on any atom is 0.0624 e. The molecule has 12 heavy (non-hydrogen) atoms. The van der Waals surface area contributed by atoms with Gasteiger partial charge in [-0.1, -0.05) is 13.8 Å². The zero-order valence-corrected chi connectivity index (χ0v) is 8.78. The van der Waals surface area contributed by atoms with Crippen LogP contribution in [0.2, 0.25) is 0 Å².